The van der Waals surface area contributed by atoms with E-state index in [0.29, 0.717) is 22.9 Å². The van der Waals surface area contributed by atoms with E-state index in [9.17, 15) is 16.8 Å². The molecule has 0 amide bonds. The third-order valence-corrected chi connectivity index (χ3v) is 14.3. The molecule has 0 aliphatic carbocycles. The highest BCUT2D eigenvalue weighted by Gasteiger charge is 2.36. The molecule has 0 heterocycles. The van der Waals surface area contributed by atoms with Gasteiger partial charge in [-0.1, -0.05) is 67.3 Å². The molecule has 252 valence electrons. The Hall–Kier alpha value is -1.73. The van der Waals surface area contributed by atoms with Gasteiger partial charge in [-0.15, -0.1) is 23.2 Å². The van der Waals surface area contributed by atoms with Crippen LogP contribution in [0.1, 0.15) is 25.0 Å². The Kier molecular flexibility index (Phi) is 12.5. The Morgan fingerprint density at radius 2 is 0.872 bits per heavy atom. The highest BCUT2D eigenvalue weighted by atomic mass is 79.9. The number of nitrogens with zero attached hydrogens (tertiary/aromatic N) is 2. The predicted molar refractivity (Wildman–Crippen MR) is 206 cm³/mol. The Bertz CT molecular complexity index is 1730. The predicted octanol–water partition coefficient (Wildman–Crippen LogP) is 9.65. The number of hydrogen-bond acceptors (Lipinski definition) is 5. The van der Waals surface area contributed by atoms with Gasteiger partial charge in [0.25, 0.3) is 20.0 Å². The van der Waals surface area contributed by atoms with Gasteiger partial charge in [0.2, 0.25) is 0 Å². The normalized spacial score (nSPS) is 14.6. The number of halogens is 4. The van der Waals surface area contributed by atoms with E-state index in [-0.39, 0.29) is 22.9 Å². The van der Waals surface area contributed by atoms with Gasteiger partial charge in [0.1, 0.15) is 0 Å². The van der Waals surface area contributed by atoms with Gasteiger partial charge in [0, 0.05) is 20.5 Å². The van der Waals surface area contributed by atoms with E-state index in [1.54, 1.807) is 111 Å². The van der Waals surface area contributed by atoms with Crippen molar-refractivity contribution in [2.75, 3.05) is 33.2 Å². The second-order valence-electron chi connectivity index (χ2n) is 11.9. The number of anilines is 2. The molecular formula is C34H36Br2Cl2N2O4S3. The monoisotopic (exact) mass is 860 g/mol. The van der Waals surface area contributed by atoms with Gasteiger partial charge in [0.05, 0.1) is 44.0 Å². The lowest BCUT2D eigenvalue weighted by molar-refractivity contribution is 0.583. The van der Waals surface area contributed by atoms with Crippen LogP contribution in [0.4, 0.5) is 11.4 Å². The van der Waals surface area contributed by atoms with Crippen molar-refractivity contribution < 1.29 is 16.8 Å². The molecule has 0 radical (unpaired) electrons. The number of rotatable bonds is 14. The lowest BCUT2D eigenvalue weighted by Crippen LogP contribution is -2.44. The maximum Gasteiger partial charge on any atom is 0.264 e. The average Bonchev–Trinajstić information content (AvgIpc) is 3.00. The Labute approximate surface area is 310 Å². The minimum Gasteiger partial charge on any atom is -0.265 e. The highest BCUT2D eigenvalue weighted by Crippen LogP contribution is 2.35. The van der Waals surface area contributed by atoms with Crippen LogP contribution in [0.25, 0.3) is 0 Å². The van der Waals surface area contributed by atoms with Crippen molar-refractivity contribution in [2.24, 2.45) is 0 Å². The number of thioether (sulfide) groups is 1. The fraction of sp³-hybridized carbons (Fsp3) is 0.294. The van der Waals surface area contributed by atoms with Crippen molar-refractivity contribution in [3.8, 4) is 0 Å². The molecule has 0 spiro atoms. The van der Waals surface area contributed by atoms with Gasteiger partial charge in [-0.25, -0.2) is 16.8 Å². The van der Waals surface area contributed by atoms with Crippen LogP contribution >= 0.6 is 66.8 Å². The van der Waals surface area contributed by atoms with Crippen LogP contribution in [0.5, 0.6) is 0 Å². The van der Waals surface area contributed by atoms with Gasteiger partial charge in [-0.2, -0.15) is 11.8 Å². The number of hydrogen-bond donors (Lipinski definition) is 0. The van der Waals surface area contributed by atoms with Crippen LogP contribution in [0, 0.1) is 13.8 Å². The fourth-order valence-corrected chi connectivity index (χ4v) is 10.4. The zero-order chi connectivity index (χ0) is 34.6. The number of sulfonamides is 2. The maximum absolute atomic E-state index is 13.9. The lowest BCUT2D eigenvalue weighted by atomic mass is 10.2. The molecule has 0 fully saturated rings. The molecule has 0 saturated heterocycles. The summed E-state index contributed by atoms with van der Waals surface area (Å²) < 4.78 is 59.9. The molecule has 4 aromatic carbocycles. The molecule has 47 heavy (non-hydrogen) atoms. The zero-order valence-electron chi connectivity index (χ0n) is 26.3. The summed E-state index contributed by atoms with van der Waals surface area (Å²) in [6.07, 6.45) is 0. The summed E-state index contributed by atoms with van der Waals surface area (Å²) in [6.45, 7) is 7.36. The van der Waals surface area contributed by atoms with Crippen LogP contribution in [-0.2, 0) is 20.0 Å². The van der Waals surface area contributed by atoms with Crippen LogP contribution < -0.4 is 8.61 Å². The molecule has 0 aliphatic rings. The molecular weight excluding hydrogens is 827 g/mol. The van der Waals surface area contributed by atoms with Crippen molar-refractivity contribution in [3.05, 3.63) is 117 Å². The SMILES string of the molecule is Cc1ccc(S(=O)(=O)N(C[C@@](C)(Cl)CSC[C@@](C)(Cl)CN(c2ccc(Br)cc2)S(=O)(=O)c2ccc(C)cc2)c2ccc(Br)cc2)cc1. The van der Waals surface area contributed by atoms with E-state index < -0.39 is 29.8 Å². The first-order valence-electron chi connectivity index (χ1n) is 14.6. The summed E-state index contributed by atoms with van der Waals surface area (Å²) in [5, 5.41) is 0. The number of aryl methyl sites for hydroxylation is 2. The van der Waals surface area contributed by atoms with Crippen molar-refractivity contribution in [1.82, 2.24) is 0 Å². The molecule has 4 aromatic rings. The van der Waals surface area contributed by atoms with E-state index in [2.05, 4.69) is 31.9 Å². The molecule has 0 N–H and O–H groups in total. The Balaban J connectivity index is 1.53. The summed E-state index contributed by atoms with van der Waals surface area (Å²) >= 11 is 22.4. The van der Waals surface area contributed by atoms with Crippen LogP contribution in [0.15, 0.2) is 116 Å². The molecule has 0 aliphatic heterocycles. The fourth-order valence-electron chi connectivity index (χ4n) is 4.69. The van der Waals surface area contributed by atoms with Crippen molar-refractivity contribution in [2.45, 2.75) is 47.2 Å². The van der Waals surface area contributed by atoms with E-state index in [1.807, 2.05) is 13.8 Å². The first-order valence-corrected chi connectivity index (χ1v) is 20.9. The van der Waals surface area contributed by atoms with Crippen molar-refractivity contribution in [3.63, 3.8) is 0 Å². The van der Waals surface area contributed by atoms with Crippen molar-refractivity contribution in [1.29, 1.82) is 0 Å². The van der Waals surface area contributed by atoms with Gasteiger partial charge < -0.3 is 0 Å². The number of benzene rings is 4. The molecule has 0 aromatic heterocycles. The Morgan fingerprint density at radius 1 is 0.574 bits per heavy atom. The zero-order valence-corrected chi connectivity index (χ0v) is 33.5. The van der Waals surface area contributed by atoms with Crippen molar-refractivity contribution >= 4 is 98.2 Å². The molecule has 2 atom stereocenters. The molecule has 4 rings (SSSR count). The average molecular weight is 864 g/mol. The third kappa shape index (κ3) is 10.2. The number of alkyl halides is 2. The van der Waals surface area contributed by atoms with E-state index in [0.717, 1.165) is 20.1 Å². The van der Waals surface area contributed by atoms with Crippen LogP contribution in [0.2, 0.25) is 0 Å². The molecule has 0 unspecified atom stereocenters. The second kappa shape index (κ2) is 15.4. The van der Waals surface area contributed by atoms with Gasteiger partial charge in [-0.3, -0.25) is 8.61 Å². The minimum absolute atomic E-state index is 0.00871. The second-order valence-corrected chi connectivity index (χ2v) is 20.3. The summed E-state index contributed by atoms with van der Waals surface area (Å²) in [4.78, 5) is -1.66. The smallest absolute Gasteiger partial charge is 0.264 e. The van der Waals surface area contributed by atoms with E-state index >= 15 is 0 Å². The quantitative estimate of drug-likeness (QED) is 0.118. The molecule has 13 heteroatoms. The van der Waals surface area contributed by atoms with E-state index in [4.69, 9.17) is 23.2 Å². The van der Waals surface area contributed by atoms with Crippen LogP contribution in [-0.4, -0.2) is 51.2 Å². The summed E-state index contributed by atoms with van der Waals surface area (Å²) in [7, 11) is -7.89. The Morgan fingerprint density at radius 3 is 1.17 bits per heavy atom. The standard InChI is InChI=1S/C34H36Br2Cl2N2O4S3/c1-25-5-17-31(18-6-25)46(41,42)39(29-13-9-27(35)10-14-29)21-33(3,37)23-45-24-34(4,38)22-40(30-15-11-28(36)12-16-30)47(43,44)32-19-7-26(2)8-20-32/h5-20H,21-24H2,1-4H3/t33-,34+. The van der Waals surface area contributed by atoms with Crippen LogP contribution in [0.3, 0.4) is 0 Å². The minimum atomic E-state index is -3.94. The summed E-state index contributed by atoms with van der Waals surface area (Å²) in [5.74, 6) is 0.687. The summed E-state index contributed by atoms with van der Waals surface area (Å²) in [5.41, 5.74) is 2.87. The van der Waals surface area contributed by atoms with Gasteiger partial charge in [0.15, 0.2) is 0 Å². The first kappa shape index (κ1) is 38.1. The largest absolute Gasteiger partial charge is 0.265 e. The highest BCUT2D eigenvalue weighted by molar-refractivity contribution is 9.10. The van der Waals surface area contributed by atoms with Gasteiger partial charge >= 0.3 is 0 Å². The maximum atomic E-state index is 13.9. The first-order chi connectivity index (χ1) is 21.9. The molecule has 0 saturated carbocycles. The summed E-state index contributed by atoms with van der Waals surface area (Å²) in [6, 6.07) is 27.5. The molecule has 0 bridgehead atoms. The van der Waals surface area contributed by atoms with Gasteiger partial charge in [-0.05, 0) is 100 Å². The van der Waals surface area contributed by atoms with E-state index in [1.165, 1.54) is 20.4 Å². The lowest BCUT2D eigenvalue weighted by Gasteiger charge is -2.34. The molecule has 6 nitrogen and oxygen atoms in total. The third-order valence-electron chi connectivity index (χ3n) is 7.20. The topological polar surface area (TPSA) is 74.8 Å².